The third-order valence-corrected chi connectivity index (χ3v) is 3.54. The molecule has 0 bridgehead atoms. The fourth-order valence-corrected chi connectivity index (χ4v) is 2.37. The second kappa shape index (κ2) is 5.83. The first kappa shape index (κ1) is 14.9. The molecular weight excluding hydrogens is 299 g/mol. The number of carbonyl (C=O) groups is 1. The fraction of sp³-hybridized carbons (Fsp3) is 0.167. The van der Waals surface area contributed by atoms with Crippen LogP contribution in [0.1, 0.15) is 20.2 Å². The van der Waals surface area contributed by atoms with Gasteiger partial charge in [0.05, 0.1) is 23.2 Å². The van der Waals surface area contributed by atoms with Crippen LogP contribution in [0.3, 0.4) is 0 Å². The maximum absolute atomic E-state index is 13.3. The summed E-state index contributed by atoms with van der Waals surface area (Å²) in [6.07, 6.45) is 1.66. The highest BCUT2D eigenvalue weighted by molar-refractivity contribution is 7.11. The Hall–Kier alpha value is -2.55. The molecule has 0 saturated carbocycles. The molecule has 0 spiro atoms. The lowest BCUT2D eigenvalue weighted by Gasteiger charge is -2.06. The second-order valence-electron chi connectivity index (χ2n) is 4.20. The molecule has 0 atom stereocenters. The summed E-state index contributed by atoms with van der Waals surface area (Å²) in [5.74, 6) is -1.64. The molecule has 9 heteroatoms. The molecule has 0 radical (unpaired) electrons. The number of benzene rings is 1. The van der Waals surface area contributed by atoms with Gasteiger partial charge in [-0.05, 0) is 13.0 Å². The quantitative estimate of drug-likeness (QED) is 0.510. The van der Waals surface area contributed by atoms with Gasteiger partial charge in [0.1, 0.15) is 10.6 Å². The summed E-state index contributed by atoms with van der Waals surface area (Å²) < 4.78 is 13.3. The van der Waals surface area contributed by atoms with Crippen molar-refractivity contribution in [2.24, 2.45) is 0 Å². The van der Waals surface area contributed by atoms with Crippen molar-refractivity contribution in [1.29, 1.82) is 0 Å². The molecule has 1 aromatic heterocycles. The molecule has 7 nitrogen and oxygen atoms in total. The van der Waals surface area contributed by atoms with Crippen LogP contribution >= 0.6 is 11.3 Å². The van der Waals surface area contributed by atoms with Crippen LogP contribution in [0.5, 0.6) is 0 Å². The lowest BCUT2D eigenvalue weighted by Crippen LogP contribution is -2.24. The van der Waals surface area contributed by atoms with E-state index in [1.54, 1.807) is 6.20 Å². The van der Waals surface area contributed by atoms with Crippen molar-refractivity contribution >= 4 is 28.6 Å². The van der Waals surface area contributed by atoms with Crippen LogP contribution in [-0.2, 0) is 6.54 Å². The number of nitrogens with one attached hydrogen (secondary N) is 1. The van der Waals surface area contributed by atoms with E-state index in [0.29, 0.717) is 11.1 Å². The average Bonchev–Trinajstić information content (AvgIpc) is 2.84. The van der Waals surface area contributed by atoms with Crippen LogP contribution in [0.15, 0.2) is 18.3 Å². The summed E-state index contributed by atoms with van der Waals surface area (Å²) in [5, 5.41) is 14.0. The number of thiazole rings is 1. The first-order chi connectivity index (χ1) is 9.88. The van der Waals surface area contributed by atoms with Crippen molar-refractivity contribution < 1.29 is 14.1 Å². The van der Waals surface area contributed by atoms with Gasteiger partial charge < -0.3 is 11.1 Å². The molecule has 1 aromatic carbocycles. The van der Waals surface area contributed by atoms with E-state index in [-0.39, 0.29) is 17.8 Å². The van der Waals surface area contributed by atoms with Crippen molar-refractivity contribution in [3.05, 3.63) is 49.7 Å². The van der Waals surface area contributed by atoms with Crippen molar-refractivity contribution in [2.45, 2.75) is 13.5 Å². The summed E-state index contributed by atoms with van der Waals surface area (Å²) in [6, 6.07) is 1.59. The minimum atomic E-state index is -0.936. The Morgan fingerprint density at radius 2 is 2.29 bits per heavy atom. The summed E-state index contributed by atoms with van der Waals surface area (Å²) in [6.45, 7) is 2.00. The van der Waals surface area contributed by atoms with E-state index in [2.05, 4.69) is 10.3 Å². The number of anilines is 1. The molecule has 0 fully saturated rings. The van der Waals surface area contributed by atoms with Crippen LogP contribution in [0.25, 0.3) is 0 Å². The molecular formula is C12H11FN4O3S. The van der Waals surface area contributed by atoms with Crippen LogP contribution in [-0.4, -0.2) is 15.8 Å². The van der Waals surface area contributed by atoms with Gasteiger partial charge in [0.15, 0.2) is 5.82 Å². The summed E-state index contributed by atoms with van der Waals surface area (Å²) >= 11 is 1.40. The molecule has 0 unspecified atom stereocenters. The molecule has 0 aliphatic rings. The van der Waals surface area contributed by atoms with Crippen molar-refractivity contribution in [1.82, 2.24) is 10.3 Å². The third kappa shape index (κ3) is 3.31. The molecule has 110 valence electrons. The van der Waals surface area contributed by atoms with Crippen LogP contribution in [0.2, 0.25) is 0 Å². The molecule has 3 N–H and O–H groups in total. The van der Waals surface area contributed by atoms with E-state index < -0.39 is 22.3 Å². The summed E-state index contributed by atoms with van der Waals surface area (Å²) in [7, 11) is 0. The number of nitrogens with zero attached hydrogens (tertiary/aromatic N) is 2. The van der Waals surface area contributed by atoms with Gasteiger partial charge in [0.25, 0.3) is 11.6 Å². The Morgan fingerprint density at radius 3 is 2.86 bits per heavy atom. The molecule has 2 aromatic rings. The van der Waals surface area contributed by atoms with Gasteiger partial charge in [-0.3, -0.25) is 14.9 Å². The molecule has 2 rings (SSSR count). The predicted octanol–water partition coefficient (Wildman–Crippen LogP) is 2.01. The van der Waals surface area contributed by atoms with Gasteiger partial charge in [-0.15, -0.1) is 11.3 Å². The van der Waals surface area contributed by atoms with Gasteiger partial charge in [-0.1, -0.05) is 0 Å². The number of hydrogen-bond donors (Lipinski definition) is 2. The maximum Gasteiger partial charge on any atom is 0.285 e. The predicted molar refractivity (Wildman–Crippen MR) is 75.5 cm³/mol. The molecule has 1 amide bonds. The number of rotatable bonds is 4. The SMILES string of the molecule is Cc1cnc(CNC(=O)c2cc(N)c(F)cc2[N+](=O)[O-])s1. The van der Waals surface area contributed by atoms with Crippen molar-refractivity contribution in [3.8, 4) is 0 Å². The van der Waals surface area contributed by atoms with E-state index in [4.69, 9.17) is 5.73 Å². The first-order valence-electron chi connectivity index (χ1n) is 5.81. The van der Waals surface area contributed by atoms with E-state index >= 15 is 0 Å². The zero-order valence-corrected chi connectivity index (χ0v) is 11.7. The Labute approximate surface area is 122 Å². The third-order valence-electron chi connectivity index (χ3n) is 2.63. The van der Waals surface area contributed by atoms with E-state index in [0.717, 1.165) is 10.9 Å². The van der Waals surface area contributed by atoms with Crippen LogP contribution in [0.4, 0.5) is 15.8 Å². The number of nitrogens with two attached hydrogens (primary N) is 1. The van der Waals surface area contributed by atoms with Crippen molar-refractivity contribution in [2.75, 3.05) is 5.73 Å². The minimum absolute atomic E-state index is 0.131. The number of halogens is 1. The standard InChI is InChI=1S/C12H11FN4O3S/c1-6-4-15-11(21-6)5-16-12(18)7-2-9(14)8(13)3-10(7)17(19)20/h2-4H,5,14H2,1H3,(H,16,18). The topological polar surface area (TPSA) is 111 Å². The Morgan fingerprint density at radius 1 is 1.57 bits per heavy atom. The molecule has 21 heavy (non-hydrogen) atoms. The summed E-state index contributed by atoms with van der Waals surface area (Å²) in [4.78, 5) is 27.1. The first-order valence-corrected chi connectivity index (χ1v) is 6.63. The number of aromatic nitrogens is 1. The van der Waals surface area contributed by atoms with Crippen LogP contribution in [0, 0.1) is 22.9 Å². The number of amides is 1. The van der Waals surface area contributed by atoms with E-state index in [9.17, 15) is 19.3 Å². The van der Waals surface area contributed by atoms with Crippen molar-refractivity contribution in [3.63, 3.8) is 0 Å². The zero-order chi connectivity index (χ0) is 15.6. The number of nitro benzene ring substituents is 1. The minimum Gasteiger partial charge on any atom is -0.396 e. The van der Waals surface area contributed by atoms with Gasteiger partial charge in [-0.2, -0.15) is 0 Å². The largest absolute Gasteiger partial charge is 0.396 e. The van der Waals surface area contributed by atoms with Crippen LogP contribution < -0.4 is 11.1 Å². The Bertz CT molecular complexity index is 717. The maximum atomic E-state index is 13.3. The van der Waals surface area contributed by atoms with Gasteiger partial charge in [0, 0.05) is 11.1 Å². The van der Waals surface area contributed by atoms with E-state index in [1.807, 2.05) is 6.92 Å². The highest BCUT2D eigenvalue weighted by atomic mass is 32.1. The zero-order valence-electron chi connectivity index (χ0n) is 10.9. The number of nitrogen functional groups attached to an aromatic ring is 1. The van der Waals surface area contributed by atoms with Gasteiger partial charge in [0.2, 0.25) is 0 Å². The average molecular weight is 310 g/mol. The normalized spacial score (nSPS) is 10.4. The molecule has 0 saturated heterocycles. The monoisotopic (exact) mass is 310 g/mol. The number of nitro groups is 1. The second-order valence-corrected chi connectivity index (χ2v) is 5.51. The Kier molecular flexibility index (Phi) is 4.13. The number of hydrogen-bond acceptors (Lipinski definition) is 6. The molecule has 1 heterocycles. The highest BCUT2D eigenvalue weighted by Crippen LogP contribution is 2.24. The molecule has 0 aliphatic heterocycles. The number of aryl methyl sites for hydroxylation is 1. The highest BCUT2D eigenvalue weighted by Gasteiger charge is 2.23. The van der Waals surface area contributed by atoms with Gasteiger partial charge in [-0.25, -0.2) is 9.37 Å². The lowest BCUT2D eigenvalue weighted by molar-refractivity contribution is -0.385. The Balaban J connectivity index is 2.22. The van der Waals surface area contributed by atoms with Gasteiger partial charge >= 0.3 is 0 Å². The summed E-state index contributed by atoms with van der Waals surface area (Å²) in [5.41, 5.74) is 4.11. The fourth-order valence-electron chi connectivity index (χ4n) is 1.65. The number of carbonyl (C=O) groups excluding carboxylic acids is 1. The smallest absolute Gasteiger partial charge is 0.285 e. The van der Waals surface area contributed by atoms with E-state index in [1.165, 1.54) is 11.3 Å². The molecule has 0 aliphatic carbocycles. The lowest BCUT2D eigenvalue weighted by atomic mass is 10.1.